The summed E-state index contributed by atoms with van der Waals surface area (Å²) in [5.74, 6) is 0. The zero-order chi connectivity index (χ0) is 14.9. The summed E-state index contributed by atoms with van der Waals surface area (Å²) in [5, 5.41) is -0.0797. The van der Waals surface area contributed by atoms with E-state index in [1.165, 1.54) is 22.3 Å². The van der Waals surface area contributed by atoms with Gasteiger partial charge in [-0.05, 0) is 41.5 Å². The Hall–Kier alpha value is -1.27. The van der Waals surface area contributed by atoms with Crippen molar-refractivity contribution in [1.82, 2.24) is 0 Å². The third-order valence-corrected chi connectivity index (χ3v) is 4.26. The normalized spacial score (nSPS) is 13.3. The Labute approximate surface area is 127 Å². The molecule has 0 fully saturated rings. The third kappa shape index (κ3) is 3.24. The number of aryl methyl sites for hydroxylation is 2. The highest BCUT2D eigenvalue weighted by atomic mass is 35.5. The summed E-state index contributed by atoms with van der Waals surface area (Å²) in [6.07, 6.45) is 0. The van der Waals surface area contributed by atoms with Crippen LogP contribution in [0.2, 0.25) is 0 Å². The predicted octanol–water partition coefficient (Wildman–Crippen LogP) is 5.93. The minimum Gasteiger partial charge on any atom is -0.113 e. The molecule has 2 rings (SSSR count). The third-order valence-electron chi connectivity index (χ3n) is 3.78. The van der Waals surface area contributed by atoms with Crippen LogP contribution in [0.4, 0.5) is 0 Å². The number of rotatable bonds is 2. The monoisotopic (exact) mass is 286 g/mol. The fourth-order valence-electron chi connectivity index (χ4n) is 2.36. The first-order valence-electron chi connectivity index (χ1n) is 7.10. The summed E-state index contributed by atoms with van der Waals surface area (Å²) >= 11 is 6.68. The molecule has 0 nitrogen and oxygen atoms in total. The van der Waals surface area contributed by atoms with Crippen molar-refractivity contribution in [2.24, 2.45) is 0 Å². The van der Waals surface area contributed by atoms with Gasteiger partial charge in [-0.1, -0.05) is 68.8 Å². The number of halogens is 1. The van der Waals surface area contributed by atoms with Gasteiger partial charge < -0.3 is 0 Å². The van der Waals surface area contributed by atoms with Crippen molar-refractivity contribution >= 4 is 11.6 Å². The van der Waals surface area contributed by atoms with Gasteiger partial charge in [0.1, 0.15) is 0 Å². The molecule has 0 saturated heterocycles. The van der Waals surface area contributed by atoms with E-state index in [4.69, 9.17) is 11.6 Å². The molecule has 0 aromatic heterocycles. The second-order valence-electron chi connectivity index (χ2n) is 6.59. The molecule has 0 radical (unpaired) electrons. The molecule has 2 aromatic carbocycles. The highest BCUT2D eigenvalue weighted by Gasteiger charge is 2.16. The first-order valence-corrected chi connectivity index (χ1v) is 7.54. The summed E-state index contributed by atoms with van der Waals surface area (Å²) in [5.41, 5.74) is 6.38. The van der Waals surface area contributed by atoms with E-state index in [1.807, 2.05) is 0 Å². The van der Waals surface area contributed by atoms with Gasteiger partial charge in [0.15, 0.2) is 0 Å². The van der Waals surface area contributed by atoms with Crippen LogP contribution in [0.3, 0.4) is 0 Å². The van der Waals surface area contributed by atoms with Crippen molar-refractivity contribution in [2.45, 2.75) is 45.4 Å². The van der Waals surface area contributed by atoms with E-state index in [2.05, 4.69) is 77.1 Å². The van der Waals surface area contributed by atoms with Gasteiger partial charge in [0.05, 0.1) is 5.38 Å². The Morgan fingerprint density at radius 1 is 0.900 bits per heavy atom. The second-order valence-corrected chi connectivity index (χ2v) is 7.03. The number of alkyl halides is 1. The topological polar surface area (TPSA) is 0 Å². The van der Waals surface area contributed by atoms with Crippen LogP contribution in [0, 0.1) is 13.8 Å². The maximum absolute atomic E-state index is 6.68. The van der Waals surface area contributed by atoms with Crippen molar-refractivity contribution in [3.8, 4) is 0 Å². The first-order chi connectivity index (χ1) is 9.29. The summed E-state index contributed by atoms with van der Waals surface area (Å²) in [6, 6.07) is 15.1. The van der Waals surface area contributed by atoms with Crippen molar-refractivity contribution in [1.29, 1.82) is 0 Å². The smallest absolute Gasteiger partial charge is 0.0838 e. The van der Waals surface area contributed by atoms with Crippen LogP contribution < -0.4 is 0 Å². The maximum atomic E-state index is 6.68. The van der Waals surface area contributed by atoms with Gasteiger partial charge in [0.2, 0.25) is 0 Å². The van der Waals surface area contributed by atoms with Gasteiger partial charge in [-0.3, -0.25) is 0 Å². The molecule has 2 aromatic rings. The van der Waals surface area contributed by atoms with Gasteiger partial charge in [-0.2, -0.15) is 0 Å². The van der Waals surface area contributed by atoms with Crippen LogP contribution in [0.15, 0.2) is 42.5 Å². The Morgan fingerprint density at radius 3 is 2.05 bits per heavy atom. The maximum Gasteiger partial charge on any atom is 0.0838 e. The zero-order valence-corrected chi connectivity index (χ0v) is 13.8. The molecule has 20 heavy (non-hydrogen) atoms. The Bertz CT molecular complexity index is 588. The Balaban J connectivity index is 2.34. The average molecular weight is 287 g/mol. The van der Waals surface area contributed by atoms with Crippen molar-refractivity contribution in [3.05, 3.63) is 70.3 Å². The SMILES string of the molecule is Cc1ccc(C)c(C(Cl)c2ccc(C(C)(C)C)cc2)c1. The lowest BCUT2D eigenvalue weighted by atomic mass is 9.86. The van der Waals surface area contributed by atoms with Crippen molar-refractivity contribution < 1.29 is 0 Å². The number of hydrogen-bond acceptors (Lipinski definition) is 0. The Kier molecular flexibility index (Phi) is 4.25. The van der Waals surface area contributed by atoms with E-state index >= 15 is 0 Å². The predicted molar refractivity (Wildman–Crippen MR) is 88.8 cm³/mol. The van der Waals surface area contributed by atoms with E-state index in [0.29, 0.717) is 0 Å². The molecule has 0 aliphatic rings. The summed E-state index contributed by atoms with van der Waals surface area (Å²) in [6.45, 7) is 10.9. The molecule has 0 aliphatic heterocycles. The van der Waals surface area contributed by atoms with E-state index < -0.39 is 0 Å². The van der Waals surface area contributed by atoms with Crippen LogP contribution in [0.1, 0.15) is 54.0 Å². The molecular formula is C19H23Cl. The van der Waals surface area contributed by atoms with E-state index in [0.717, 1.165) is 5.56 Å². The lowest BCUT2D eigenvalue weighted by Gasteiger charge is -2.20. The summed E-state index contributed by atoms with van der Waals surface area (Å²) in [7, 11) is 0. The van der Waals surface area contributed by atoms with Crippen LogP contribution in [0.25, 0.3) is 0 Å². The van der Waals surface area contributed by atoms with Crippen LogP contribution >= 0.6 is 11.6 Å². The fourth-order valence-corrected chi connectivity index (χ4v) is 2.75. The minimum atomic E-state index is -0.0797. The molecule has 1 heteroatoms. The molecular weight excluding hydrogens is 264 g/mol. The standard InChI is InChI=1S/C19H23Cl/c1-13-6-7-14(2)17(12-13)18(20)15-8-10-16(11-9-15)19(3,4)5/h6-12,18H,1-5H3. The molecule has 0 amide bonds. The van der Waals surface area contributed by atoms with Gasteiger partial charge in [-0.15, -0.1) is 11.6 Å². The van der Waals surface area contributed by atoms with E-state index in [-0.39, 0.29) is 10.8 Å². The van der Waals surface area contributed by atoms with Gasteiger partial charge in [-0.25, -0.2) is 0 Å². The molecule has 0 bridgehead atoms. The minimum absolute atomic E-state index is 0.0797. The molecule has 0 N–H and O–H groups in total. The van der Waals surface area contributed by atoms with Crippen molar-refractivity contribution in [2.75, 3.05) is 0 Å². The number of hydrogen-bond donors (Lipinski definition) is 0. The van der Waals surface area contributed by atoms with Gasteiger partial charge >= 0.3 is 0 Å². The quantitative estimate of drug-likeness (QED) is 0.600. The Morgan fingerprint density at radius 2 is 1.50 bits per heavy atom. The van der Waals surface area contributed by atoms with E-state index in [9.17, 15) is 0 Å². The molecule has 1 unspecified atom stereocenters. The zero-order valence-electron chi connectivity index (χ0n) is 13.0. The summed E-state index contributed by atoms with van der Waals surface area (Å²) in [4.78, 5) is 0. The van der Waals surface area contributed by atoms with Crippen LogP contribution in [-0.4, -0.2) is 0 Å². The highest BCUT2D eigenvalue weighted by molar-refractivity contribution is 6.22. The lowest BCUT2D eigenvalue weighted by molar-refractivity contribution is 0.590. The highest BCUT2D eigenvalue weighted by Crippen LogP contribution is 2.33. The molecule has 0 saturated carbocycles. The van der Waals surface area contributed by atoms with Gasteiger partial charge in [0.25, 0.3) is 0 Å². The van der Waals surface area contributed by atoms with Crippen molar-refractivity contribution in [3.63, 3.8) is 0 Å². The fraction of sp³-hybridized carbons (Fsp3) is 0.368. The molecule has 1 atom stereocenters. The second kappa shape index (κ2) is 5.61. The molecule has 0 aliphatic carbocycles. The molecule has 106 valence electrons. The molecule has 0 heterocycles. The van der Waals surface area contributed by atoms with Crippen LogP contribution in [-0.2, 0) is 5.41 Å². The largest absolute Gasteiger partial charge is 0.113 e. The van der Waals surface area contributed by atoms with Crippen LogP contribution in [0.5, 0.6) is 0 Å². The first kappa shape index (κ1) is 15.1. The van der Waals surface area contributed by atoms with Gasteiger partial charge in [0, 0.05) is 0 Å². The average Bonchev–Trinajstić information content (AvgIpc) is 2.40. The summed E-state index contributed by atoms with van der Waals surface area (Å²) < 4.78 is 0. The number of benzene rings is 2. The molecule has 0 spiro atoms. The lowest BCUT2D eigenvalue weighted by Crippen LogP contribution is -2.10. The van der Waals surface area contributed by atoms with E-state index in [1.54, 1.807) is 0 Å².